The van der Waals surface area contributed by atoms with Gasteiger partial charge in [-0.3, -0.25) is 4.79 Å². The van der Waals surface area contributed by atoms with Crippen molar-refractivity contribution < 1.29 is 4.79 Å². The van der Waals surface area contributed by atoms with E-state index in [1.165, 1.54) is 0 Å². The number of carbonyl (C=O) groups excluding carboxylic acids is 1. The smallest absolute Gasteiger partial charge is 0.262 e. The molecule has 0 saturated heterocycles. The van der Waals surface area contributed by atoms with Gasteiger partial charge >= 0.3 is 0 Å². The minimum Gasteiger partial charge on any atom is -0.349 e. The quantitative estimate of drug-likeness (QED) is 0.465. The molecule has 0 aliphatic heterocycles. The second kappa shape index (κ2) is 7.71. The van der Waals surface area contributed by atoms with Gasteiger partial charge in [0.15, 0.2) is 0 Å². The lowest BCUT2D eigenvalue weighted by atomic mass is 10.1. The Labute approximate surface area is 173 Å². The number of hydrogen-bond donors (Lipinski definition) is 1. The van der Waals surface area contributed by atoms with Gasteiger partial charge in [-0.15, -0.1) is 0 Å². The number of amides is 1. The van der Waals surface area contributed by atoms with Gasteiger partial charge in [-0.25, -0.2) is 0 Å². The SMILES string of the molecule is N#CC(=Cc1cn(Cc2ccc(Cl)cc2Cl)c2ccccc12)C(=O)NC1CC1. The molecular formula is C22H17Cl2N3O. The van der Waals surface area contributed by atoms with E-state index in [0.29, 0.717) is 16.6 Å². The maximum Gasteiger partial charge on any atom is 0.262 e. The molecule has 0 radical (unpaired) electrons. The topological polar surface area (TPSA) is 57.8 Å². The molecule has 4 nitrogen and oxygen atoms in total. The van der Waals surface area contributed by atoms with Gasteiger partial charge in [0.2, 0.25) is 0 Å². The monoisotopic (exact) mass is 409 g/mol. The number of aromatic nitrogens is 1. The molecule has 0 bridgehead atoms. The Hall–Kier alpha value is -2.74. The number of halogens is 2. The zero-order valence-corrected chi connectivity index (χ0v) is 16.5. The molecule has 1 aliphatic rings. The van der Waals surface area contributed by atoms with E-state index in [-0.39, 0.29) is 17.5 Å². The maximum atomic E-state index is 12.3. The fraction of sp³-hybridized carbons (Fsp3) is 0.182. The fourth-order valence-corrected chi connectivity index (χ4v) is 3.62. The van der Waals surface area contributed by atoms with Gasteiger partial charge in [-0.1, -0.05) is 47.5 Å². The minimum atomic E-state index is -0.317. The van der Waals surface area contributed by atoms with Gasteiger partial charge in [0.05, 0.1) is 0 Å². The van der Waals surface area contributed by atoms with E-state index >= 15 is 0 Å². The summed E-state index contributed by atoms with van der Waals surface area (Å²) >= 11 is 12.3. The van der Waals surface area contributed by atoms with Crippen LogP contribution in [0.1, 0.15) is 24.0 Å². The summed E-state index contributed by atoms with van der Waals surface area (Å²) in [5.74, 6) is -0.317. The predicted molar refractivity (Wildman–Crippen MR) is 112 cm³/mol. The van der Waals surface area contributed by atoms with Crippen molar-refractivity contribution in [1.29, 1.82) is 5.26 Å². The Morgan fingerprint density at radius 2 is 2.04 bits per heavy atom. The van der Waals surface area contributed by atoms with Gasteiger partial charge in [0.25, 0.3) is 5.91 Å². The van der Waals surface area contributed by atoms with Crippen LogP contribution in [0.4, 0.5) is 0 Å². The molecule has 0 spiro atoms. The Morgan fingerprint density at radius 3 is 2.75 bits per heavy atom. The van der Waals surface area contributed by atoms with Crippen molar-refractivity contribution in [3.05, 3.63) is 75.4 Å². The molecule has 3 aromatic rings. The molecule has 1 saturated carbocycles. The zero-order chi connectivity index (χ0) is 19.7. The molecule has 0 unspecified atom stereocenters. The van der Waals surface area contributed by atoms with E-state index in [1.807, 2.05) is 48.7 Å². The summed E-state index contributed by atoms with van der Waals surface area (Å²) in [7, 11) is 0. The van der Waals surface area contributed by atoms with E-state index < -0.39 is 0 Å². The van der Waals surface area contributed by atoms with Crippen molar-refractivity contribution >= 4 is 46.1 Å². The highest BCUT2D eigenvalue weighted by atomic mass is 35.5. The first kappa shape index (κ1) is 18.6. The van der Waals surface area contributed by atoms with E-state index in [2.05, 4.69) is 9.88 Å². The Balaban J connectivity index is 1.72. The van der Waals surface area contributed by atoms with Gasteiger partial charge in [0.1, 0.15) is 11.6 Å². The van der Waals surface area contributed by atoms with Gasteiger partial charge in [-0.05, 0) is 42.7 Å². The van der Waals surface area contributed by atoms with Gasteiger partial charge < -0.3 is 9.88 Å². The molecule has 1 amide bonds. The van der Waals surface area contributed by atoms with Crippen molar-refractivity contribution in [2.24, 2.45) is 0 Å². The van der Waals surface area contributed by atoms with Crippen LogP contribution < -0.4 is 5.32 Å². The molecule has 140 valence electrons. The number of hydrogen-bond acceptors (Lipinski definition) is 2. The fourth-order valence-electron chi connectivity index (χ4n) is 3.15. The van der Waals surface area contributed by atoms with Crippen molar-refractivity contribution in [1.82, 2.24) is 9.88 Å². The van der Waals surface area contributed by atoms with Crippen molar-refractivity contribution in [2.75, 3.05) is 0 Å². The number of rotatable bonds is 5. The van der Waals surface area contributed by atoms with Crippen LogP contribution in [-0.4, -0.2) is 16.5 Å². The normalized spacial score (nSPS) is 14.1. The molecule has 1 N–H and O–H groups in total. The van der Waals surface area contributed by atoms with Crippen LogP contribution in [-0.2, 0) is 11.3 Å². The standard InChI is InChI=1S/C22H17Cl2N3O/c23-17-6-5-14(20(24)10-17)12-27-13-16(19-3-1-2-4-21(19)27)9-15(11-25)22(28)26-18-7-8-18/h1-6,9-10,13,18H,7-8,12H2,(H,26,28). The summed E-state index contributed by atoms with van der Waals surface area (Å²) < 4.78 is 2.06. The van der Waals surface area contributed by atoms with Crippen LogP contribution in [0.25, 0.3) is 17.0 Å². The molecule has 1 aromatic heterocycles. The second-order valence-corrected chi connectivity index (χ2v) is 7.73. The number of benzene rings is 2. The predicted octanol–water partition coefficient (Wildman–Crippen LogP) is 5.18. The first-order valence-corrected chi connectivity index (χ1v) is 9.75. The third-order valence-corrected chi connectivity index (χ3v) is 5.34. The Morgan fingerprint density at radius 1 is 1.25 bits per heavy atom. The highest BCUT2D eigenvalue weighted by Gasteiger charge is 2.25. The third kappa shape index (κ3) is 3.91. The molecule has 28 heavy (non-hydrogen) atoms. The molecule has 4 rings (SSSR count). The van der Waals surface area contributed by atoms with Gasteiger partial charge in [0, 0.05) is 45.3 Å². The highest BCUT2D eigenvalue weighted by molar-refractivity contribution is 6.35. The van der Waals surface area contributed by atoms with Crippen LogP contribution in [0.3, 0.4) is 0 Å². The van der Waals surface area contributed by atoms with Crippen LogP contribution in [0.15, 0.2) is 54.2 Å². The summed E-state index contributed by atoms with van der Waals surface area (Å²) in [6, 6.07) is 15.6. The molecule has 1 heterocycles. The summed E-state index contributed by atoms with van der Waals surface area (Å²) in [4.78, 5) is 12.3. The molecule has 6 heteroatoms. The average molecular weight is 410 g/mol. The minimum absolute atomic E-state index is 0.110. The summed E-state index contributed by atoms with van der Waals surface area (Å²) in [5, 5.41) is 14.5. The van der Waals surface area contributed by atoms with Crippen LogP contribution in [0, 0.1) is 11.3 Å². The zero-order valence-electron chi connectivity index (χ0n) is 15.0. The number of carbonyl (C=O) groups is 1. The number of nitrogens with zero attached hydrogens (tertiary/aromatic N) is 2. The number of nitrogens with one attached hydrogen (secondary N) is 1. The highest BCUT2D eigenvalue weighted by Crippen LogP contribution is 2.27. The van der Waals surface area contributed by atoms with Crippen molar-refractivity contribution in [3.8, 4) is 6.07 Å². The molecule has 0 atom stereocenters. The molecular weight excluding hydrogens is 393 g/mol. The lowest BCUT2D eigenvalue weighted by molar-refractivity contribution is -0.117. The largest absolute Gasteiger partial charge is 0.349 e. The maximum absolute atomic E-state index is 12.3. The number of para-hydroxylation sites is 1. The summed E-state index contributed by atoms with van der Waals surface area (Å²) in [6.07, 6.45) is 5.55. The van der Waals surface area contributed by atoms with Gasteiger partial charge in [-0.2, -0.15) is 5.26 Å². The van der Waals surface area contributed by atoms with Crippen LogP contribution in [0.2, 0.25) is 10.0 Å². The van der Waals surface area contributed by atoms with Crippen molar-refractivity contribution in [2.45, 2.75) is 25.4 Å². The lowest BCUT2D eigenvalue weighted by Crippen LogP contribution is -2.26. The summed E-state index contributed by atoms with van der Waals surface area (Å²) in [6.45, 7) is 0.556. The second-order valence-electron chi connectivity index (χ2n) is 6.88. The van der Waals surface area contributed by atoms with Crippen LogP contribution in [0.5, 0.6) is 0 Å². The van der Waals surface area contributed by atoms with E-state index in [4.69, 9.17) is 23.2 Å². The number of fused-ring (bicyclic) bond motifs is 1. The lowest BCUT2D eigenvalue weighted by Gasteiger charge is -2.08. The molecule has 1 fully saturated rings. The summed E-state index contributed by atoms with van der Waals surface area (Å²) in [5.41, 5.74) is 2.87. The Bertz CT molecular complexity index is 1140. The molecule has 2 aromatic carbocycles. The van der Waals surface area contributed by atoms with E-state index in [1.54, 1.807) is 12.1 Å². The first-order valence-electron chi connectivity index (χ1n) is 8.99. The van der Waals surface area contributed by atoms with Crippen LogP contribution >= 0.6 is 23.2 Å². The van der Waals surface area contributed by atoms with E-state index in [0.717, 1.165) is 34.9 Å². The van der Waals surface area contributed by atoms with E-state index in [9.17, 15) is 10.1 Å². The first-order chi connectivity index (χ1) is 13.5. The third-order valence-electron chi connectivity index (χ3n) is 4.75. The number of nitriles is 1. The Kier molecular flexibility index (Phi) is 5.13. The average Bonchev–Trinajstić information content (AvgIpc) is 3.43. The van der Waals surface area contributed by atoms with Crippen molar-refractivity contribution in [3.63, 3.8) is 0 Å². The molecule has 1 aliphatic carbocycles.